The molecule has 1 atom stereocenters. The van der Waals surface area contributed by atoms with Gasteiger partial charge in [0.05, 0.1) is 0 Å². The molecular formula is C21H27FN4O2. The number of rotatable bonds is 3. The van der Waals surface area contributed by atoms with E-state index in [-0.39, 0.29) is 17.8 Å². The molecule has 0 radical (unpaired) electrons. The molecule has 1 aromatic heterocycles. The van der Waals surface area contributed by atoms with Crippen molar-refractivity contribution in [2.24, 2.45) is 0 Å². The zero-order valence-electron chi connectivity index (χ0n) is 16.9. The molecule has 6 nitrogen and oxygen atoms in total. The van der Waals surface area contributed by atoms with Gasteiger partial charge in [-0.3, -0.25) is 0 Å². The summed E-state index contributed by atoms with van der Waals surface area (Å²) < 4.78 is 18.5. The first-order chi connectivity index (χ1) is 13.2. The van der Waals surface area contributed by atoms with Crippen LogP contribution in [0.15, 0.2) is 36.7 Å². The molecule has 1 aliphatic rings. The van der Waals surface area contributed by atoms with Crippen LogP contribution in [0.1, 0.15) is 44.7 Å². The lowest BCUT2D eigenvalue weighted by molar-refractivity contribution is 0.0240. The Balaban J connectivity index is 1.59. The van der Waals surface area contributed by atoms with Crippen molar-refractivity contribution in [1.82, 2.24) is 14.9 Å². The smallest absolute Gasteiger partial charge is 0.410 e. The second kappa shape index (κ2) is 8.12. The minimum atomic E-state index is -0.492. The maximum atomic E-state index is 13.1. The second-order valence-corrected chi connectivity index (χ2v) is 8.04. The van der Waals surface area contributed by atoms with Gasteiger partial charge >= 0.3 is 6.09 Å². The number of aromatic nitrogens is 2. The van der Waals surface area contributed by atoms with E-state index in [2.05, 4.69) is 14.9 Å². The van der Waals surface area contributed by atoms with Crippen LogP contribution in [0.5, 0.6) is 0 Å². The zero-order valence-corrected chi connectivity index (χ0v) is 16.9. The van der Waals surface area contributed by atoms with Gasteiger partial charge in [-0.05, 0) is 44.0 Å². The summed E-state index contributed by atoms with van der Waals surface area (Å²) in [4.78, 5) is 24.9. The molecule has 150 valence electrons. The normalized spacial score (nSPS) is 16.0. The van der Waals surface area contributed by atoms with Crippen LogP contribution in [-0.2, 0) is 4.74 Å². The third-order valence-corrected chi connectivity index (χ3v) is 4.74. The fraction of sp³-hybridized carbons (Fsp3) is 0.476. The molecule has 0 aliphatic carbocycles. The van der Waals surface area contributed by atoms with E-state index in [1.54, 1.807) is 17.0 Å². The molecular weight excluding hydrogens is 359 g/mol. The first-order valence-electron chi connectivity index (χ1n) is 9.53. The number of hydrogen-bond donors (Lipinski definition) is 0. The highest BCUT2D eigenvalue weighted by Gasteiger charge is 2.26. The standard InChI is InChI=1S/C21H27FN4O2/c1-15(16-5-7-18(22)8-6-16)17-13-23-19(24-14-17)25-9-11-26(12-10-25)20(27)28-21(2,3)4/h5-8,13-15H,9-12H2,1-4H3. The summed E-state index contributed by atoms with van der Waals surface area (Å²) >= 11 is 0. The molecule has 1 unspecified atom stereocenters. The van der Waals surface area contributed by atoms with Crippen LogP contribution >= 0.6 is 0 Å². The van der Waals surface area contributed by atoms with Crippen LogP contribution in [0.4, 0.5) is 15.1 Å². The largest absolute Gasteiger partial charge is 0.444 e. The molecule has 0 N–H and O–H groups in total. The van der Waals surface area contributed by atoms with Crippen molar-refractivity contribution < 1.29 is 13.9 Å². The minimum absolute atomic E-state index is 0.0821. The minimum Gasteiger partial charge on any atom is -0.444 e. The van der Waals surface area contributed by atoms with Crippen molar-refractivity contribution >= 4 is 12.0 Å². The van der Waals surface area contributed by atoms with Crippen molar-refractivity contribution in [2.75, 3.05) is 31.1 Å². The van der Waals surface area contributed by atoms with Gasteiger partial charge in [0.15, 0.2) is 0 Å². The van der Waals surface area contributed by atoms with Crippen molar-refractivity contribution in [3.05, 3.63) is 53.6 Å². The molecule has 2 aromatic rings. The van der Waals surface area contributed by atoms with Gasteiger partial charge in [-0.1, -0.05) is 19.1 Å². The SMILES string of the molecule is CC(c1ccc(F)cc1)c1cnc(N2CCN(C(=O)OC(C)(C)C)CC2)nc1. The molecule has 7 heteroatoms. The Morgan fingerprint density at radius 3 is 2.14 bits per heavy atom. The van der Waals surface area contributed by atoms with E-state index in [4.69, 9.17) is 4.74 Å². The summed E-state index contributed by atoms with van der Waals surface area (Å²) in [5.41, 5.74) is 1.50. The first kappa shape index (κ1) is 20.0. The molecule has 1 aliphatic heterocycles. The Labute approximate surface area is 165 Å². The number of benzene rings is 1. The van der Waals surface area contributed by atoms with Crippen LogP contribution in [0.25, 0.3) is 0 Å². The number of carbonyl (C=O) groups is 1. The van der Waals surface area contributed by atoms with Gasteiger partial charge in [0, 0.05) is 44.5 Å². The maximum absolute atomic E-state index is 13.1. The number of carbonyl (C=O) groups excluding carboxylic acids is 1. The van der Waals surface area contributed by atoms with E-state index in [9.17, 15) is 9.18 Å². The molecule has 1 aromatic carbocycles. The highest BCUT2D eigenvalue weighted by atomic mass is 19.1. The van der Waals surface area contributed by atoms with E-state index in [0.29, 0.717) is 32.1 Å². The first-order valence-corrected chi connectivity index (χ1v) is 9.53. The van der Waals surface area contributed by atoms with Gasteiger partial charge in [-0.25, -0.2) is 19.2 Å². The number of hydrogen-bond acceptors (Lipinski definition) is 5. The van der Waals surface area contributed by atoms with Crippen LogP contribution < -0.4 is 4.90 Å². The van der Waals surface area contributed by atoms with E-state index >= 15 is 0 Å². The molecule has 1 fully saturated rings. The fourth-order valence-electron chi connectivity index (χ4n) is 3.08. The van der Waals surface area contributed by atoms with E-state index in [0.717, 1.165) is 11.1 Å². The van der Waals surface area contributed by atoms with Crippen LogP contribution in [0.2, 0.25) is 0 Å². The van der Waals surface area contributed by atoms with E-state index < -0.39 is 5.60 Å². The third kappa shape index (κ3) is 4.97. The monoisotopic (exact) mass is 386 g/mol. The average molecular weight is 386 g/mol. The molecule has 0 saturated carbocycles. The van der Waals surface area contributed by atoms with Crippen molar-refractivity contribution in [3.8, 4) is 0 Å². The van der Waals surface area contributed by atoms with Crippen LogP contribution in [0, 0.1) is 5.82 Å². The molecule has 3 rings (SSSR count). The lowest BCUT2D eigenvalue weighted by Gasteiger charge is -2.35. The highest BCUT2D eigenvalue weighted by molar-refractivity contribution is 5.68. The van der Waals surface area contributed by atoms with Crippen LogP contribution in [-0.4, -0.2) is 52.7 Å². The number of anilines is 1. The van der Waals surface area contributed by atoms with Gasteiger partial charge in [-0.15, -0.1) is 0 Å². The summed E-state index contributed by atoms with van der Waals surface area (Å²) in [6.07, 6.45) is 3.35. The zero-order chi connectivity index (χ0) is 20.3. The summed E-state index contributed by atoms with van der Waals surface area (Å²) in [6.45, 7) is 10.1. The predicted molar refractivity (Wildman–Crippen MR) is 106 cm³/mol. The van der Waals surface area contributed by atoms with Crippen LogP contribution in [0.3, 0.4) is 0 Å². The summed E-state index contributed by atoms with van der Waals surface area (Å²) in [7, 11) is 0. The Morgan fingerprint density at radius 1 is 1.04 bits per heavy atom. The Hall–Kier alpha value is -2.70. The summed E-state index contributed by atoms with van der Waals surface area (Å²) in [5.74, 6) is 0.491. The predicted octanol–water partition coefficient (Wildman–Crippen LogP) is 3.82. The highest BCUT2D eigenvalue weighted by Crippen LogP contribution is 2.24. The number of amides is 1. The van der Waals surface area contributed by atoms with Gasteiger partial charge in [0.2, 0.25) is 5.95 Å². The lowest BCUT2D eigenvalue weighted by atomic mass is 9.95. The lowest BCUT2D eigenvalue weighted by Crippen LogP contribution is -2.50. The molecule has 28 heavy (non-hydrogen) atoms. The van der Waals surface area contributed by atoms with E-state index in [1.165, 1.54) is 12.1 Å². The molecule has 1 saturated heterocycles. The van der Waals surface area contributed by atoms with Gasteiger partial charge in [0.25, 0.3) is 0 Å². The number of halogens is 1. The number of nitrogens with zero attached hydrogens (tertiary/aromatic N) is 4. The van der Waals surface area contributed by atoms with Crippen molar-refractivity contribution in [2.45, 2.75) is 39.2 Å². The Kier molecular flexibility index (Phi) is 5.82. The van der Waals surface area contributed by atoms with Crippen molar-refractivity contribution in [1.29, 1.82) is 0 Å². The maximum Gasteiger partial charge on any atom is 0.410 e. The summed E-state index contributed by atoms with van der Waals surface area (Å²) in [6, 6.07) is 6.49. The van der Waals surface area contributed by atoms with Gasteiger partial charge in [-0.2, -0.15) is 0 Å². The summed E-state index contributed by atoms with van der Waals surface area (Å²) in [5, 5.41) is 0. The topological polar surface area (TPSA) is 58.6 Å². The second-order valence-electron chi connectivity index (χ2n) is 8.04. The third-order valence-electron chi connectivity index (χ3n) is 4.74. The quantitative estimate of drug-likeness (QED) is 0.803. The number of ether oxygens (including phenoxy) is 1. The molecule has 0 bridgehead atoms. The average Bonchev–Trinajstić information content (AvgIpc) is 2.67. The van der Waals surface area contributed by atoms with Crippen molar-refractivity contribution in [3.63, 3.8) is 0 Å². The molecule has 0 spiro atoms. The fourth-order valence-corrected chi connectivity index (χ4v) is 3.08. The Bertz CT molecular complexity index is 795. The van der Waals surface area contributed by atoms with Gasteiger partial charge < -0.3 is 14.5 Å². The molecule has 1 amide bonds. The van der Waals surface area contributed by atoms with Gasteiger partial charge in [0.1, 0.15) is 11.4 Å². The molecule has 2 heterocycles. The Morgan fingerprint density at radius 2 is 1.61 bits per heavy atom. The van der Waals surface area contributed by atoms with E-state index in [1.807, 2.05) is 40.1 Å². The number of piperazine rings is 1.